The molecule has 1 atom stereocenters. The summed E-state index contributed by atoms with van der Waals surface area (Å²) in [6.07, 6.45) is -10.3. The number of benzene rings is 3. The Labute approximate surface area is 249 Å². The average molecular weight is 646 g/mol. The van der Waals surface area contributed by atoms with Crippen molar-refractivity contribution in [3.05, 3.63) is 115 Å². The number of thiophene rings is 1. The van der Waals surface area contributed by atoms with E-state index in [1.165, 1.54) is 29.6 Å². The molecule has 0 aliphatic carbocycles. The molecule has 4 aromatic rings. The van der Waals surface area contributed by atoms with Crippen LogP contribution in [0, 0.1) is 0 Å². The summed E-state index contributed by atoms with van der Waals surface area (Å²) in [4.78, 5) is 27.5. The Balaban J connectivity index is 1.83. The molecule has 4 rings (SSSR count). The van der Waals surface area contributed by atoms with Gasteiger partial charge in [-0.3, -0.25) is 4.79 Å². The van der Waals surface area contributed by atoms with E-state index in [1.807, 2.05) is 0 Å². The molecule has 0 fully saturated rings. The van der Waals surface area contributed by atoms with E-state index in [1.54, 1.807) is 30.3 Å². The average Bonchev–Trinajstić information content (AvgIpc) is 3.38. The van der Waals surface area contributed by atoms with Crippen LogP contribution in [-0.4, -0.2) is 27.9 Å². The number of aliphatic carboxylic acids is 1. The van der Waals surface area contributed by atoms with Gasteiger partial charge in [0.05, 0.1) is 28.3 Å². The topological polar surface area (TPSA) is 57.6 Å². The van der Waals surface area contributed by atoms with Crippen LogP contribution in [0.3, 0.4) is 0 Å². The first-order chi connectivity index (χ1) is 19.6. The maximum Gasteiger partial charge on any atom is 0.416 e. The highest BCUT2D eigenvalue weighted by molar-refractivity contribution is 7.10. The van der Waals surface area contributed by atoms with E-state index in [0.29, 0.717) is 17.7 Å². The Morgan fingerprint density at radius 3 is 2.02 bits per heavy atom. The molecule has 42 heavy (non-hydrogen) atoms. The maximum absolute atomic E-state index is 13.8. The molecule has 1 heterocycles. The van der Waals surface area contributed by atoms with Crippen molar-refractivity contribution in [2.24, 2.45) is 0 Å². The van der Waals surface area contributed by atoms with E-state index in [-0.39, 0.29) is 44.1 Å². The van der Waals surface area contributed by atoms with Crippen molar-refractivity contribution >= 4 is 46.4 Å². The van der Waals surface area contributed by atoms with Gasteiger partial charge in [0.15, 0.2) is 0 Å². The molecule has 0 saturated carbocycles. The zero-order valence-electron chi connectivity index (χ0n) is 21.1. The molecule has 4 nitrogen and oxygen atoms in total. The molecule has 3 aromatic carbocycles. The molecular weight excluding hydrogens is 627 g/mol. The van der Waals surface area contributed by atoms with Gasteiger partial charge >= 0.3 is 18.3 Å². The fourth-order valence-electron chi connectivity index (χ4n) is 4.29. The van der Waals surface area contributed by atoms with Crippen LogP contribution in [0.1, 0.15) is 31.9 Å². The van der Waals surface area contributed by atoms with Crippen LogP contribution < -0.4 is 0 Å². The molecule has 13 heteroatoms. The minimum atomic E-state index is -5.07. The van der Waals surface area contributed by atoms with E-state index in [4.69, 9.17) is 23.2 Å². The molecule has 0 spiro atoms. The van der Waals surface area contributed by atoms with Crippen molar-refractivity contribution in [3.63, 3.8) is 0 Å². The van der Waals surface area contributed by atoms with E-state index >= 15 is 0 Å². The lowest BCUT2D eigenvalue weighted by Gasteiger charge is -2.30. The Hall–Kier alpha value is -3.54. The SMILES string of the molecule is O=C(O)[C@H](Cc1ccccc1)N(Cc1sccc1-c1cc(C(F)(F)F)cc(C(F)(F)F)c1)C(=O)c1ccc(Cl)cc1Cl. The number of carboxylic acids is 1. The molecule has 1 amide bonds. The number of rotatable bonds is 8. The van der Waals surface area contributed by atoms with Crippen LogP contribution in [0.4, 0.5) is 26.3 Å². The first-order valence-corrected chi connectivity index (χ1v) is 13.7. The Kier molecular flexibility index (Phi) is 9.24. The van der Waals surface area contributed by atoms with Crippen molar-refractivity contribution in [3.8, 4) is 11.1 Å². The number of halogens is 8. The monoisotopic (exact) mass is 645 g/mol. The molecule has 0 saturated heterocycles. The quantitative estimate of drug-likeness (QED) is 0.194. The summed E-state index contributed by atoms with van der Waals surface area (Å²) in [5, 5.41) is 11.8. The third-order valence-electron chi connectivity index (χ3n) is 6.31. The van der Waals surface area contributed by atoms with Gasteiger partial charge in [0.1, 0.15) is 6.04 Å². The number of carboxylic acid groups (broad SMARTS) is 1. The predicted octanol–water partition coefficient (Wildman–Crippen LogP) is 9.10. The Bertz CT molecular complexity index is 1570. The zero-order valence-corrected chi connectivity index (χ0v) is 23.5. The lowest BCUT2D eigenvalue weighted by Crippen LogP contribution is -2.46. The van der Waals surface area contributed by atoms with E-state index in [0.717, 1.165) is 16.2 Å². The van der Waals surface area contributed by atoms with Crippen LogP contribution >= 0.6 is 34.5 Å². The van der Waals surface area contributed by atoms with E-state index in [9.17, 15) is 41.0 Å². The summed E-state index contributed by atoms with van der Waals surface area (Å²) in [6, 6.07) is 13.4. The molecule has 220 valence electrons. The van der Waals surface area contributed by atoms with Gasteiger partial charge < -0.3 is 10.0 Å². The highest BCUT2D eigenvalue weighted by Gasteiger charge is 2.38. The maximum atomic E-state index is 13.8. The lowest BCUT2D eigenvalue weighted by atomic mass is 9.98. The van der Waals surface area contributed by atoms with Crippen LogP contribution in [0.2, 0.25) is 10.0 Å². The van der Waals surface area contributed by atoms with Crippen LogP contribution in [-0.2, 0) is 30.1 Å². The third-order valence-corrected chi connectivity index (χ3v) is 7.77. The number of hydrogen-bond acceptors (Lipinski definition) is 3. The highest BCUT2D eigenvalue weighted by atomic mass is 35.5. The van der Waals surface area contributed by atoms with Crippen molar-refractivity contribution in [2.75, 3.05) is 0 Å². The van der Waals surface area contributed by atoms with Gasteiger partial charge in [0.2, 0.25) is 0 Å². The molecule has 0 unspecified atom stereocenters. The summed E-state index contributed by atoms with van der Waals surface area (Å²) in [5.41, 5.74) is -2.92. The summed E-state index contributed by atoms with van der Waals surface area (Å²) in [7, 11) is 0. The second kappa shape index (κ2) is 12.4. The van der Waals surface area contributed by atoms with E-state index < -0.39 is 47.9 Å². The van der Waals surface area contributed by atoms with E-state index in [2.05, 4.69) is 0 Å². The molecule has 0 aliphatic heterocycles. The number of nitrogens with zero attached hydrogens (tertiary/aromatic N) is 1. The number of carbonyl (C=O) groups excluding carboxylic acids is 1. The molecule has 1 aromatic heterocycles. The second-order valence-electron chi connectivity index (χ2n) is 9.15. The normalized spacial score (nSPS) is 12.7. The number of amides is 1. The summed E-state index contributed by atoms with van der Waals surface area (Å²) in [6.45, 7) is -0.452. The van der Waals surface area contributed by atoms with Crippen molar-refractivity contribution in [2.45, 2.75) is 31.4 Å². The van der Waals surface area contributed by atoms with Gasteiger partial charge in [0, 0.05) is 16.3 Å². The molecule has 0 aliphatic rings. The standard InChI is InChI=1S/C29H19Cl2F6NO3S/c30-20-6-7-22(23(31)14-20)26(39)38(24(27(40)41)10-16-4-2-1-3-5-16)15-25-21(8-9-42-25)17-11-18(28(32,33)34)13-19(12-17)29(35,36)37/h1-9,11-14,24H,10,15H2,(H,40,41)/t24-/m0/s1. The molecule has 0 bridgehead atoms. The molecule has 1 N–H and O–H groups in total. The van der Waals surface area contributed by atoms with Crippen molar-refractivity contribution < 1.29 is 41.0 Å². The van der Waals surface area contributed by atoms with Crippen LogP contribution in [0.15, 0.2) is 78.2 Å². The van der Waals surface area contributed by atoms with Gasteiger partial charge in [0.25, 0.3) is 5.91 Å². The minimum absolute atomic E-state index is 0.0135. The van der Waals surface area contributed by atoms with Crippen LogP contribution in [0.5, 0.6) is 0 Å². The van der Waals surface area contributed by atoms with Gasteiger partial charge in [-0.15, -0.1) is 11.3 Å². The Morgan fingerprint density at radius 2 is 1.48 bits per heavy atom. The Morgan fingerprint density at radius 1 is 0.857 bits per heavy atom. The van der Waals surface area contributed by atoms with Crippen molar-refractivity contribution in [1.82, 2.24) is 4.90 Å². The smallest absolute Gasteiger partial charge is 0.416 e. The molecular formula is C29H19Cl2F6NO3S. The largest absolute Gasteiger partial charge is 0.480 e. The molecule has 0 radical (unpaired) electrons. The summed E-state index contributed by atoms with van der Waals surface area (Å²) < 4.78 is 81.3. The summed E-state index contributed by atoms with van der Waals surface area (Å²) >= 11 is 13.2. The second-order valence-corrected chi connectivity index (χ2v) is 11.0. The highest BCUT2D eigenvalue weighted by Crippen LogP contribution is 2.40. The first-order valence-electron chi connectivity index (χ1n) is 12.0. The van der Waals surface area contributed by atoms with Gasteiger partial charge in [-0.25, -0.2) is 4.79 Å². The fraction of sp³-hybridized carbons (Fsp3) is 0.172. The third kappa shape index (κ3) is 7.26. The van der Waals surface area contributed by atoms with Crippen LogP contribution in [0.25, 0.3) is 11.1 Å². The summed E-state index contributed by atoms with van der Waals surface area (Å²) in [5.74, 6) is -2.20. The first kappa shape index (κ1) is 31.4. The predicted molar refractivity (Wildman–Crippen MR) is 148 cm³/mol. The van der Waals surface area contributed by atoms with Gasteiger partial charge in [-0.05, 0) is 64.5 Å². The van der Waals surface area contributed by atoms with Gasteiger partial charge in [-0.2, -0.15) is 26.3 Å². The number of alkyl halides is 6. The minimum Gasteiger partial charge on any atom is -0.480 e. The lowest BCUT2D eigenvalue weighted by molar-refractivity contribution is -0.144. The fourth-order valence-corrected chi connectivity index (χ4v) is 5.68. The number of hydrogen-bond donors (Lipinski definition) is 1. The van der Waals surface area contributed by atoms with Crippen molar-refractivity contribution in [1.29, 1.82) is 0 Å². The van der Waals surface area contributed by atoms with Gasteiger partial charge in [-0.1, -0.05) is 53.5 Å². The number of carbonyl (C=O) groups is 2. The zero-order chi connectivity index (χ0) is 30.8.